The smallest absolute Gasteiger partial charge is 0.163 e. The van der Waals surface area contributed by atoms with Crippen molar-refractivity contribution in [2.24, 2.45) is 0 Å². The first-order valence-corrected chi connectivity index (χ1v) is 21.7. The Hall–Kier alpha value is -0.200. The molecule has 0 radical (unpaired) electrons. The van der Waals surface area contributed by atoms with Crippen LogP contribution in [0.1, 0.15) is 221 Å². The average molecular weight is 680 g/mol. The van der Waals surface area contributed by atoms with Crippen LogP contribution in [0.3, 0.4) is 0 Å². The Morgan fingerprint density at radius 1 is 0.438 bits per heavy atom. The minimum atomic E-state index is -0.582. The predicted molar refractivity (Wildman–Crippen MR) is 206 cm³/mol. The number of nitrogens with zero attached hydrogens (tertiary/aromatic N) is 1. The minimum Gasteiger partial charge on any atom is -0.348 e. The van der Waals surface area contributed by atoms with Gasteiger partial charge in [0.25, 0.3) is 0 Å². The van der Waals surface area contributed by atoms with Crippen LogP contribution in [-0.4, -0.2) is 61.0 Å². The fourth-order valence-corrected chi connectivity index (χ4v) is 7.81. The van der Waals surface area contributed by atoms with Crippen LogP contribution in [0.25, 0.3) is 0 Å². The third-order valence-electron chi connectivity index (χ3n) is 10.7. The molecule has 0 N–H and O–H groups in total. The molecule has 5 heteroatoms. The molecule has 0 aromatic heterocycles. The van der Waals surface area contributed by atoms with Gasteiger partial charge >= 0.3 is 0 Å². The zero-order valence-corrected chi connectivity index (χ0v) is 33.4. The molecule has 2 saturated heterocycles. The molecule has 286 valence electrons. The molecule has 2 aliphatic rings. The van der Waals surface area contributed by atoms with E-state index in [0.29, 0.717) is 6.61 Å². The van der Waals surface area contributed by atoms with E-state index in [1.54, 1.807) is 0 Å². The number of hydrogen-bond acceptors (Lipinski definition) is 5. The Bertz CT molecular complexity index is 696. The van der Waals surface area contributed by atoms with Crippen LogP contribution >= 0.6 is 0 Å². The lowest BCUT2D eigenvalue weighted by Crippen LogP contribution is -2.44. The molecule has 2 fully saturated rings. The van der Waals surface area contributed by atoms with Gasteiger partial charge < -0.3 is 23.8 Å². The second-order valence-corrected chi connectivity index (χ2v) is 16.5. The normalized spacial score (nSPS) is 21.9. The third-order valence-corrected chi connectivity index (χ3v) is 10.7. The molecule has 0 aromatic rings. The fourth-order valence-electron chi connectivity index (χ4n) is 7.81. The summed E-state index contributed by atoms with van der Waals surface area (Å²) in [5.74, 6) is -1.13. The zero-order valence-electron chi connectivity index (χ0n) is 33.4. The van der Waals surface area contributed by atoms with Gasteiger partial charge in [-0.3, -0.25) is 0 Å². The van der Waals surface area contributed by atoms with Gasteiger partial charge in [0, 0.05) is 6.54 Å². The Morgan fingerprint density at radius 3 is 1.12 bits per heavy atom. The molecule has 0 saturated carbocycles. The lowest BCUT2D eigenvalue weighted by molar-refractivity contribution is -0.174. The summed E-state index contributed by atoms with van der Waals surface area (Å²) in [6.45, 7) is 16.5. The van der Waals surface area contributed by atoms with Gasteiger partial charge in [0.2, 0.25) is 0 Å². The molecule has 48 heavy (non-hydrogen) atoms. The maximum atomic E-state index is 6.52. The maximum absolute atomic E-state index is 6.52. The van der Waals surface area contributed by atoms with Crippen LogP contribution in [0.15, 0.2) is 0 Å². The van der Waals surface area contributed by atoms with Crippen LogP contribution < -0.4 is 0 Å². The fraction of sp³-hybridized carbons (Fsp3) is 1.00. The minimum absolute atomic E-state index is 0.0146. The Labute approximate surface area is 300 Å². The highest BCUT2D eigenvalue weighted by molar-refractivity contribution is 4.92. The van der Waals surface area contributed by atoms with E-state index in [2.05, 4.69) is 18.7 Å². The van der Waals surface area contributed by atoms with Crippen LogP contribution in [0, 0.1) is 0 Å². The SMILES string of the molecule is CCCCCCCCCCCCCCCCN(CCCCCCCCCCCCCCCC)C[C@@H]1OC(C)(C)O[C@H]1[C@H]1COC(C)(C)O1. The monoisotopic (exact) mass is 680 g/mol. The maximum Gasteiger partial charge on any atom is 0.163 e. The molecule has 0 unspecified atom stereocenters. The molecule has 5 nitrogen and oxygen atoms in total. The van der Waals surface area contributed by atoms with E-state index in [4.69, 9.17) is 18.9 Å². The summed E-state index contributed by atoms with van der Waals surface area (Å²) in [5.41, 5.74) is 0. The van der Waals surface area contributed by atoms with E-state index < -0.39 is 11.6 Å². The quantitative estimate of drug-likeness (QED) is 0.0646. The number of unbranched alkanes of at least 4 members (excludes halogenated alkanes) is 26. The summed E-state index contributed by atoms with van der Waals surface area (Å²) in [6, 6.07) is 0. The number of hydrogen-bond donors (Lipinski definition) is 0. The summed E-state index contributed by atoms with van der Waals surface area (Å²) in [4.78, 5) is 2.68. The summed E-state index contributed by atoms with van der Waals surface area (Å²) >= 11 is 0. The highest BCUT2D eigenvalue weighted by Crippen LogP contribution is 2.36. The molecule has 2 aliphatic heterocycles. The second kappa shape index (κ2) is 27.5. The zero-order chi connectivity index (χ0) is 34.8. The van der Waals surface area contributed by atoms with Gasteiger partial charge in [0.1, 0.15) is 18.3 Å². The van der Waals surface area contributed by atoms with Gasteiger partial charge in [-0.1, -0.05) is 181 Å². The summed E-state index contributed by atoms with van der Waals surface area (Å²) in [7, 11) is 0. The Kier molecular flexibility index (Phi) is 25.1. The first-order valence-electron chi connectivity index (χ1n) is 21.7. The molecule has 2 rings (SSSR count). The highest BCUT2D eigenvalue weighted by Gasteiger charge is 2.49. The molecule has 0 aromatic carbocycles. The Balaban J connectivity index is 1.66. The van der Waals surface area contributed by atoms with Gasteiger partial charge in [-0.2, -0.15) is 0 Å². The van der Waals surface area contributed by atoms with Crippen molar-refractivity contribution in [1.29, 1.82) is 0 Å². The van der Waals surface area contributed by atoms with Crippen molar-refractivity contribution in [3.05, 3.63) is 0 Å². The largest absolute Gasteiger partial charge is 0.348 e. The molecule has 3 atom stereocenters. The van der Waals surface area contributed by atoms with Crippen molar-refractivity contribution in [1.82, 2.24) is 4.90 Å². The van der Waals surface area contributed by atoms with E-state index in [-0.39, 0.29) is 18.3 Å². The summed E-state index contributed by atoms with van der Waals surface area (Å²) in [6.07, 6.45) is 39.3. The standard InChI is InChI=1S/C43H85NO4/c1-7-9-11-13-15-17-19-21-23-25-27-29-31-33-35-44(36-34-32-30-28-26-24-22-20-18-16-14-12-10-8-2)37-39-41(48-43(5,6)46-39)40-38-45-42(3,4)47-40/h39-41H,7-38H2,1-6H3/t39-,40+,41+/m0/s1. The topological polar surface area (TPSA) is 40.2 Å². The van der Waals surface area contributed by atoms with Crippen molar-refractivity contribution >= 4 is 0 Å². The second-order valence-electron chi connectivity index (χ2n) is 16.5. The first kappa shape index (κ1) is 44.0. The van der Waals surface area contributed by atoms with Crippen molar-refractivity contribution in [3.63, 3.8) is 0 Å². The molecule has 2 heterocycles. The number of rotatable bonds is 33. The summed E-state index contributed by atoms with van der Waals surface area (Å²) in [5, 5.41) is 0. The van der Waals surface area contributed by atoms with Gasteiger partial charge in [-0.15, -0.1) is 0 Å². The first-order chi connectivity index (χ1) is 23.3. The van der Waals surface area contributed by atoms with Crippen molar-refractivity contribution < 1.29 is 18.9 Å². The van der Waals surface area contributed by atoms with Crippen molar-refractivity contribution in [3.8, 4) is 0 Å². The number of ether oxygens (including phenoxy) is 4. The molecule has 0 amide bonds. The molecular formula is C43H85NO4. The van der Waals surface area contributed by atoms with Crippen LogP contribution in [-0.2, 0) is 18.9 Å². The molecule has 0 spiro atoms. The molecule has 0 bridgehead atoms. The van der Waals surface area contributed by atoms with Crippen LogP contribution in [0.4, 0.5) is 0 Å². The van der Waals surface area contributed by atoms with Gasteiger partial charge in [0.15, 0.2) is 11.6 Å². The van der Waals surface area contributed by atoms with E-state index in [1.807, 2.05) is 27.7 Å². The van der Waals surface area contributed by atoms with Crippen LogP contribution in [0.2, 0.25) is 0 Å². The van der Waals surface area contributed by atoms with Crippen LogP contribution in [0.5, 0.6) is 0 Å². The lowest BCUT2D eigenvalue weighted by Gasteiger charge is -2.29. The van der Waals surface area contributed by atoms with Gasteiger partial charge in [0.05, 0.1) is 6.61 Å². The predicted octanol–water partition coefficient (Wildman–Crippen LogP) is 12.9. The van der Waals surface area contributed by atoms with E-state index in [9.17, 15) is 0 Å². The third kappa shape index (κ3) is 21.9. The lowest BCUT2D eigenvalue weighted by atomic mass is 10.0. The molecule has 0 aliphatic carbocycles. The highest BCUT2D eigenvalue weighted by atomic mass is 16.8. The van der Waals surface area contributed by atoms with E-state index >= 15 is 0 Å². The van der Waals surface area contributed by atoms with Crippen molar-refractivity contribution in [2.45, 2.75) is 251 Å². The van der Waals surface area contributed by atoms with Crippen molar-refractivity contribution in [2.75, 3.05) is 26.2 Å². The van der Waals surface area contributed by atoms with E-state index in [1.165, 1.54) is 180 Å². The molecular weight excluding hydrogens is 594 g/mol. The van der Waals surface area contributed by atoms with E-state index in [0.717, 1.165) is 19.6 Å². The van der Waals surface area contributed by atoms with Gasteiger partial charge in [-0.05, 0) is 53.6 Å². The average Bonchev–Trinajstić information content (AvgIpc) is 3.57. The van der Waals surface area contributed by atoms with Gasteiger partial charge in [-0.25, -0.2) is 0 Å². The Morgan fingerprint density at radius 2 is 0.792 bits per heavy atom. The summed E-state index contributed by atoms with van der Waals surface area (Å²) < 4.78 is 25.2.